The van der Waals surface area contributed by atoms with E-state index in [1.54, 1.807) is 10.8 Å². The Morgan fingerprint density at radius 3 is 2.65 bits per heavy atom. The number of fused-ring (bicyclic) bond motifs is 3. The molecule has 1 N–H and O–H groups in total. The lowest BCUT2D eigenvalue weighted by Gasteiger charge is -2.10. The molecule has 0 saturated carbocycles. The fourth-order valence-electron chi connectivity index (χ4n) is 4.36. The van der Waals surface area contributed by atoms with Crippen molar-refractivity contribution in [2.45, 2.75) is 19.4 Å². The van der Waals surface area contributed by atoms with Crippen molar-refractivity contribution in [3.8, 4) is 11.4 Å². The van der Waals surface area contributed by atoms with Gasteiger partial charge in [0.15, 0.2) is 0 Å². The number of halogens is 1. The quantitative estimate of drug-likeness (QED) is 0.523. The average molecular weight is 434 g/mol. The van der Waals surface area contributed by atoms with E-state index in [4.69, 9.17) is 16.3 Å². The Balaban J connectivity index is 1.42. The fourth-order valence-corrected chi connectivity index (χ4v) is 4.49. The molecule has 1 aliphatic rings. The summed E-state index contributed by atoms with van der Waals surface area (Å²) in [7, 11) is 2.12. The Kier molecular flexibility index (Phi) is 5.30. The molecule has 2 aromatic carbocycles. The van der Waals surface area contributed by atoms with Crippen molar-refractivity contribution in [2.24, 2.45) is 7.05 Å². The standard InChI is InChI=1S/C25H24ClN3O2/c1-28-23-9-12-27-11-8-22(23)21-7-6-19(14-24(21)28)29-13-10-20(15-25(29)30)31-16-17-2-4-18(26)5-3-17/h2-7,10,13-15,27H,8-9,11-12,16H2,1H3. The molecule has 0 amide bonds. The maximum absolute atomic E-state index is 12.8. The van der Waals surface area contributed by atoms with Gasteiger partial charge in [-0.05, 0) is 54.4 Å². The van der Waals surface area contributed by atoms with Crippen LogP contribution in [0.25, 0.3) is 16.6 Å². The van der Waals surface area contributed by atoms with E-state index in [0.717, 1.165) is 37.2 Å². The van der Waals surface area contributed by atoms with Crippen molar-refractivity contribution < 1.29 is 4.74 Å². The fraction of sp³-hybridized carbons (Fsp3) is 0.240. The van der Waals surface area contributed by atoms with Crippen LogP contribution in [-0.2, 0) is 26.5 Å². The molecule has 0 spiro atoms. The molecule has 5 rings (SSSR count). The smallest absolute Gasteiger partial charge is 0.258 e. The lowest BCUT2D eigenvalue weighted by Crippen LogP contribution is -2.17. The lowest BCUT2D eigenvalue weighted by atomic mass is 10.1. The van der Waals surface area contributed by atoms with Gasteiger partial charge in [0.25, 0.3) is 5.56 Å². The number of ether oxygens (including phenoxy) is 1. The minimum Gasteiger partial charge on any atom is -0.489 e. The second-order valence-electron chi connectivity index (χ2n) is 7.92. The van der Waals surface area contributed by atoms with Crippen LogP contribution >= 0.6 is 11.6 Å². The molecule has 158 valence electrons. The Morgan fingerprint density at radius 1 is 1.03 bits per heavy atom. The summed E-state index contributed by atoms with van der Waals surface area (Å²) in [6.07, 6.45) is 3.83. The zero-order chi connectivity index (χ0) is 21.4. The van der Waals surface area contributed by atoms with Gasteiger partial charge in [-0.25, -0.2) is 0 Å². The minimum atomic E-state index is -0.118. The SMILES string of the molecule is Cn1c2c(c3ccc(-n4ccc(OCc5ccc(Cl)cc5)cc4=O)cc31)CCNCC2. The molecule has 3 heterocycles. The predicted molar refractivity (Wildman–Crippen MR) is 125 cm³/mol. The molecule has 0 aliphatic carbocycles. The van der Waals surface area contributed by atoms with Crippen molar-refractivity contribution in [2.75, 3.05) is 13.1 Å². The van der Waals surface area contributed by atoms with Crippen LogP contribution in [0.1, 0.15) is 16.8 Å². The van der Waals surface area contributed by atoms with E-state index in [1.807, 2.05) is 36.4 Å². The van der Waals surface area contributed by atoms with Crippen LogP contribution in [0.4, 0.5) is 0 Å². The normalized spacial score (nSPS) is 13.7. The minimum absolute atomic E-state index is 0.118. The molecular formula is C25H24ClN3O2. The summed E-state index contributed by atoms with van der Waals surface area (Å²) in [5.74, 6) is 0.551. The number of benzene rings is 2. The summed E-state index contributed by atoms with van der Waals surface area (Å²) in [6.45, 7) is 2.39. The van der Waals surface area contributed by atoms with Crippen LogP contribution in [0, 0.1) is 0 Å². The molecule has 2 aromatic heterocycles. The maximum atomic E-state index is 12.8. The van der Waals surface area contributed by atoms with Crippen LogP contribution < -0.4 is 15.6 Å². The second kappa shape index (κ2) is 8.25. The van der Waals surface area contributed by atoms with Crippen molar-refractivity contribution in [3.05, 3.63) is 93.0 Å². The van der Waals surface area contributed by atoms with Crippen LogP contribution in [-0.4, -0.2) is 22.2 Å². The molecule has 0 unspecified atom stereocenters. The highest BCUT2D eigenvalue weighted by molar-refractivity contribution is 6.30. The maximum Gasteiger partial charge on any atom is 0.258 e. The number of pyridine rings is 1. The highest BCUT2D eigenvalue weighted by Crippen LogP contribution is 2.29. The topological polar surface area (TPSA) is 48.2 Å². The Bertz CT molecular complexity index is 1310. The second-order valence-corrected chi connectivity index (χ2v) is 8.36. The molecule has 0 saturated heterocycles. The van der Waals surface area contributed by atoms with Gasteiger partial charge in [0.05, 0.1) is 11.2 Å². The highest BCUT2D eigenvalue weighted by atomic mass is 35.5. The number of nitrogens with one attached hydrogen (secondary N) is 1. The van der Waals surface area contributed by atoms with Crippen LogP contribution in [0.15, 0.2) is 65.6 Å². The third-order valence-corrected chi connectivity index (χ3v) is 6.25. The van der Waals surface area contributed by atoms with Crippen molar-refractivity contribution in [1.29, 1.82) is 0 Å². The Morgan fingerprint density at radius 2 is 1.84 bits per heavy atom. The summed E-state index contributed by atoms with van der Waals surface area (Å²) in [6, 6.07) is 17.1. The summed E-state index contributed by atoms with van der Waals surface area (Å²) < 4.78 is 9.73. The number of hydrogen-bond donors (Lipinski definition) is 1. The first-order chi connectivity index (χ1) is 15.1. The van der Waals surface area contributed by atoms with Gasteiger partial charge in [-0.1, -0.05) is 29.8 Å². The first-order valence-electron chi connectivity index (χ1n) is 10.5. The van der Waals surface area contributed by atoms with E-state index in [-0.39, 0.29) is 5.56 Å². The number of rotatable bonds is 4. The lowest BCUT2D eigenvalue weighted by molar-refractivity contribution is 0.305. The molecule has 4 aromatic rings. The number of hydrogen-bond acceptors (Lipinski definition) is 3. The zero-order valence-electron chi connectivity index (χ0n) is 17.4. The van der Waals surface area contributed by atoms with Gasteiger partial charge >= 0.3 is 0 Å². The van der Waals surface area contributed by atoms with E-state index in [9.17, 15) is 4.79 Å². The summed E-state index contributed by atoms with van der Waals surface area (Å²) in [5.41, 5.74) is 5.71. The van der Waals surface area contributed by atoms with Crippen LogP contribution in [0.2, 0.25) is 5.02 Å². The van der Waals surface area contributed by atoms with Gasteiger partial charge in [-0.2, -0.15) is 0 Å². The average Bonchev–Trinajstić information content (AvgIpc) is 2.93. The molecule has 0 bridgehead atoms. The van der Waals surface area contributed by atoms with Gasteiger partial charge in [0, 0.05) is 48.4 Å². The van der Waals surface area contributed by atoms with Crippen molar-refractivity contribution >= 4 is 22.5 Å². The van der Waals surface area contributed by atoms with Crippen LogP contribution in [0.3, 0.4) is 0 Å². The molecule has 31 heavy (non-hydrogen) atoms. The van der Waals surface area contributed by atoms with E-state index >= 15 is 0 Å². The largest absolute Gasteiger partial charge is 0.489 e. The Hall–Kier alpha value is -3.02. The number of nitrogens with zero attached hydrogens (tertiary/aromatic N) is 2. The number of aryl methyl sites for hydroxylation is 1. The molecular weight excluding hydrogens is 410 g/mol. The zero-order valence-corrected chi connectivity index (χ0v) is 18.2. The van der Waals surface area contributed by atoms with Crippen molar-refractivity contribution in [1.82, 2.24) is 14.5 Å². The molecule has 0 atom stereocenters. The third-order valence-electron chi connectivity index (χ3n) is 6.00. The number of aromatic nitrogens is 2. The van der Waals surface area contributed by atoms with Gasteiger partial charge in [0.2, 0.25) is 0 Å². The van der Waals surface area contributed by atoms with Crippen LogP contribution in [0.5, 0.6) is 5.75 Å². The van der Waals surface area contributed by atoms with E-state index in [1.165, 1.54) is 28.2 Å². The molecule has 5 nitrogen and oxygen atoms in total. The molecule has 6 heteroatoms. The van der Waals surface area contributed by atoms with Gasteiger partial charge in [0.1, 0.15) is 12.4 Å². The molecule has 0 radical (unpaired) electrons. The van der Waals surface area contributed by atoms with E-state index in [0.29, 0.717) is 17.4 Å². The van der Waals surface area contributed by atoms with E-state index < -0.39 is 0 Å². The van der Waals surface area contributed by atoms with Gasteiger partial charge in [-0.15, -0.1) is 0 Å². The summed E-state index contributed by atoms with van der Waals surface area (Å²) in [5, 5.41) is 5.44. The van der Waals surface area contributed by atoms with Gasteiger partial charge < -0.3 is 14.6 Å². The van der Waals surface area contributed by atoms with E-state index in [2.05, 4.69) is 29.1 Å². The first kappa shape index (κ1) is 19.9. The summed E-state index contributed by atoms with van der Waals surface area (Å²) in [4.78, 5) is 12.8. The monoisotopic (exact) mass is 433 g/mol. The Labute approximate surface area is 185 Å². The summed E-state index contributed by atoms with van der Waals surface area (Å²) >= 11 is 5.92. The first-order valence-corrected chi connectivity index (χ1v) is 10.9. The van der Waals surface area contributed by atoms with Gasteiger partial charge in [-0.3, -0.25) is 9.36 Å². The molecule has 1 aliphatic heterocycles. The molecule has 0 fully saturated rings. The highest BCUT2D eigenvalue weighted by Gasteiger charge is 2.17. The van der Waals surface area contributed by atoms with Crippen molar-refractivity contribution in [3.63, 3.8) is 0 Å². The third kappa shape index (κ3) is 3.87. The predicted octanol–water partition coefficient (Wildman–Crippen LogP) is 4.25.